The Labute approximate surface area is 231 Å². The van der Waals surface area contributed by atoms with Crippen LogP contribution in [0.3, 0.4) is 0 Å². The summed E-state index contributed by atoms with van der Waals surface area (Å²) in [5, 5.41) is 9.32. The van der Waals surface area contributed by atoms with E-state index in [9.17, 15) is 18.8 Å². The van der Waals surface area contributed by atoms with Crippen LogP contribution in [0.2, 0.25) is 0 Å². The second-order valence-corrected chi connectivity index (χ2v) is 11.7. The molecule has 1 aromatic rings. The zero-order valence-corrected chi connectivity index (χ0v) is 23.6. The van der Waals surface area contributed by atoms with Crippen molar-refractivity contribution in [3.63, 3.8) is 0 Å². The van der Waals surface area contributed by atoms with E-state index in [0.29, 0.717) is 19.0 Å². The van der Waals surface area contributed by atoms with Gasteiger partial charge in [-0.25, -0.2) is 4.39 Å². The third kappa shape index (κ3) is 8.24. The van der Waals surface area contributed by atoms with Crippen LogP contribution < -0.4 is 16.0 Å². The number of fused-ring (bicyclic) bond motifs is 1. The van der Waals surface area contributed by atoms with Gasteiger partial charge in [-0.1, -0.05) is 25.0 Å². The number of nitrogens with one attached hydrogen (secondary N) is 3. The summed E-state index contributed by atoms with van der Waals surface area (Å²) >= 11 is 0. The van der Waals surface area contributed by atoms with E-state index in [1.165, 1.54) is 23.5 Å². The Morgan fingerprint density at radius 1 is 0.923 bits per heavy atom. The SMILES string of the molecule is C[C@@H]1CN[C@@H](C2CC2)C(=O)N(C)[C@H](C)C(=O)N[C@H](Cc2ccc(F)cc2)C(=O)NCCC[C@@H]2CCCC[C@@H]2O1. The van der Waals surface area contributed by atoms with Gasteiger partial charge in [-0.3, -0.25) is 14.4 Å². The second kappa shape index (κ2) is 13.7. The maximum Gasteiger partial charge on any atom is 0.243 e. The van der Waals surface area contributed by atoms with Gasteiger partial charge in [0, 0.05) is 26.6 Å². The maximum absolute atomic E-state index is 13.5. The number of hydrogen-bond donors (Lipinski definition) is 3. The van der Waals surface area contributed by atoms with Gasteiger partial charge in [0.15, 0.2) is 0 Å². The van der Waals surface area contributed by atoms with Crippen LogP contribution >= 0.6 is 0 Å². The molecule has 0 radical (unpaired) electrons. The second-order valence-electron chi connectivity index (χ2n) is 11.7. The average Bonchev–Trinajstić information content (AvgIpc) is 3.76. The van der Waals surface area contributed by atoms with Gasteiger partial charge in [0.05, 0.1) is 18.2 Å². The lowest BCUT2D eigenvalue weighted by molar-refractivity contribution is -0.141. The molecule has 0 unspecified atom stereocenters. The monoisotopic (exact) mass is 544 g/mol. The minimum absolute atomic E-state index is 0.0264. The van der Waals surface area contributed by atoms with Gasteiger partial charge in [-0.2, -0.15) is 0 Å². The Balaban J connectivity index is 1.52. The molecule has 8 nitrogen and oxygen atoms in total. The molecule has 1 heterocycles. The van der Waals surface area contributed by atoms with Crippen LogP contribution in [-0.4, -0.2) is 73.1 Å². The predicted molar refractivity (Wildman–Crippen MR) is 147 cm³/mol. The van der Waals surface area contributed by atoms with Gasteiger partial charge >= 0.3 is 0 Å². The number of carbonyl (C=O) groups excluding carboxylic acids is 3. The fraction of sp³-hybridized carbons (Fsp3) is 0.700. The summed E-state index contributed by atoms with van der Waals surface area (Å²) in [7, 11) is 1.64. The molecule has 3 amide bonds. The Bertz CT molecular complexity index is 986. The molecule has 0 spiro atoms. The average molecular weight is 545 g/mol. The summed E-state index contributed by atoms with van der Waals surface area (Å²) in [6.45, 7) is 4.83. The topological polar surface area (TPSA) is 99.8 Å². The van der Waals surface area contributed by atoms with Crippen molar-refractivity contribution in [2.24, 2.45) is 11.8 Å². The molecule has 0 aromatic heterocycles. The van der Waals surface area contributed by atoms with Crippen LogP contribution in [0.1, 0.15) is 70.8 Å². The number of carbonyl (C=O) groups is 3. The van der Waals surface area contributed by atoms with Crippen LogP contribution in [0.5, 0.6) is 0 Å². The fourth-order valence-corrected chi connectivity index (χ4v) is 5.85. The van der Waals surface area contributed by atoms with Crippen molar-refractivity contribution in [3.05, 3.63) is 35.6 Å². The number of ether oxygens (including phenoxy) is 1. The molecule has 3 N–H and O–H groups in total. The lowest BCUT2D eigenvalue weighted by atomic mass is 9.83. The lowest BCUT2D eigenvalue weighted by Crippen LogP contribution is -2.57. The van der Waals surface area contributed by atoms with Crippen molar-refractivity contribution >= 4 is 17.7 Å². The first-order chi connectivity index (χ1) is 18.7. The molecule has 6 atom stereocenters. The molecule has 216 valence electrons. The number of amides is 3. The quantitative estimate of drug-likeness (QED) is 0.544. The van der Waals surface area contributed by atoms with Crippen molar-refractivity contribution in [1.82, 2.24) is 20.9 Å². The molecule has 1 aromatic carbocycles. The highest BCUT2D eigenvalue weighted by molar-refractivity contribution is 5.93. The van der Waals surface area contributed by atoms with E-state index < -0.39 is 18.0 Å². The first-order valence-corrected chi connectivity index (χ1v) is 14.7. The van der Waals surface area contributed by atoms with Crippen LogP contribution in [0.15, 0.2) is 24.3 Å². The summed E-state index contributed by atoms with van der Waals surface area (Å²) in [6.07, 6.45) is 8.66. The van der Waals surface area contributed by atoms with Gasteiger partial charge in [-0.15, -0.1) is 0 Å². The lowest BCUT2D eigenvalue weighted by Gasteiger charge is -2.35. The molecule has 1 aliphatic heterocycles. The van der Waals surface area contributed by atoms with Crippen LogP contribution in [0.4, 0.5) is 4.39 Å². The summed E-state index contributed by atoms with van der Waals surface area (Å²) < 4.78 is 20.0. The van der Waals surface area contributed by atoms with E-state index in [1.807, 2.05) is 0 Å². The maximum atomic E-state index is 13.5. The largest absolute Gasteiger partial charge is 0.374 e. The van der Waals surface area contributed by atoms with Gasteiger partial charge in [-0.05, 0) is 81.9 Å². The van der Waals surface area contributed by atoms with Crippen LogP contribution in [0, 0.1) is 17.7 Å². The molecule has 2 aliphatic carbocycles. The van der Waals surface area contributed by atoms with E-state index in [4.69, 9.17) is 4.74 Å². The molecule has 3 fully saturated rings. The smallest absolute Gasteiger partial charge is 0.243 e. The van der Waals surface area contributed by atoms with Crippen molar-refractivity contribution < 1.29 is 23.5 Å². The minimum atomic E-state index is -0.836. The van der Waals surface area contributed by atoms with Crippen molar-refractivity contribution in [2.45, 2.75) is 102 Å². The Morgan fingerprint density at radius 2 is 1.62 bits per heavy atom. The summed E-state index contributed by atoms with van der Waals surface area (Å²) in [5.41, 5.74) is 0.741. The molecular weight excluding hydrogens is 499 g/mol. The number of likely N-dealkylation sites (N-methyl/N-ethyl adjacent to an activating group) is 1. The van der Waals surface area contributed by atoms with E-state index in [2.05, 4.69) is 22.9 Å². The standard InChI is InChI=1S/C30H45FN4O4/c1-19-18-33-27(23-12-13-23)30(38)35(3)20(2)28(36)34-25(17-21-10-14-24(31)15-11-21)29(37)32-16-6-8-22-7-4-5-9-26(22)39-19/h10-11,14-15,19-20,22-23,25-27,33H,4-9,12-13,16-18H2,1-3H3,(H,32,37)(H,34,36)/t19-,20-,22+,25-,26+,27+/m1/s1. The zero-order valence-electron chi connectivity index (χ0n) is 23.6. The number of halogens is 1. The van der Waals surface area contributed by atoms with E-state index in [-0.39, 0.29) is 48.2 Å². The molecule has 2 saturated carbocycles. The third-order valence-electron chi connectivity index (χ3n) is 8.58. The Hall–Kier alpha value is -2.52. The van der Waals surface area contributed by atoms with Gasteiger partial charge in [0.1, 0.15) is 17.9 Å². The van der Waals surface area contributed by atoms with Crippen LogP contribution in [-0.2, 0) is 25.5 Å². The summed E-state index contributed by atoms with van der Waals surface area (Å²) in [4.78, 5) is 41.5. The first kappa shape index (κ1) is 29.5. The Kier molecular flexibility index (Phi) is 10.4. The highest BCUT2D eigenvalue weighted by Crippen LogP contribution is 2.34. The highest BCUT2D eigenvalue weighted by Gasteiger charge is 2.40. The number of hydrogen-bond acceptors (Lipinski definition) is 5. The molecular formula is C30H45FN4O4. The molecule has 39 heavy (non-hydrogen) atoms. The first-order valence-electron chi connectivity index (χ1n) is 14.7. The summed E-state index contributed by atoms with van der Waals surface area (Å²) in [5.74, 6) is -0.456. The minimum Gasteiger partial charge on any atom is -0.374 e. The predicted octanol–water partition coefficient (Wildman–Crippen LogP) is 2.94. The highest BCUT2D eigenvalue weighted by atomic mass is 19.1. The van der Waals surface area contributed by atoms with Gasteiger partial charge in [0.25, 0.3) is 0 Å². The van der Waals surface area contributed by atoms with Crippen molar-refractivity contribution in [2.75, 3.05) is 20.1 Å². The molecule has 4 rings (SSSR count). The zero-order chi connectivity index (χ0) is 27.9. The molecule has 3 aliphatic rings. The van der Waals surface area contributed by atoms with E-state index in [0.717, 1.165) is 50.5 Å². The number of nitrogens with zero attached hydrogens (tertiary/aromatic N) is 1. The fourth-order valence-electron chi connectivity index (χ4n) is 5.85. The van der Waals surface area contributed by atoms with Gasteiger partial charge < -0.3 is 25.6 Å². The normalized spacial score (nSPS) is 32.4. The molecule has 0 bridgehead atoms. The van der Waals surface area contributed by atoms with E-state index in [1.54, 1.807) is 26.1 Å². The third-order valence-corrected chi connectivity index (χ3v) is 8.58. The van der Waals surface area contributed by atoms with Crippen molar-refractivity contribution in [3.8, 4) is 0 Å². The summed E-state index contributed by atoms with van der Waals surface area (Å²) in [6, 6.07) is 3.97. The molecule has 9 heteroatoms. The van der Waals surface area contributed by atoms with Gasteiger partial charge in [0.2, 0.25) is 17.7 Å². The Morgan fingerprint density at radius 3 is 2.33 bits per heavy atom. The van der Waals surface area contributed by atoms with Crippen LogP contribution in [0.25, 0.3) is 0 Å². The van der Waals surface area contributed by atoms with E-state index >= 15 is 0 Å². The number of benzene rings is 1. The molecule has 1 saturated heterocycles. The number of rotatable bonds is 3. The van der Waals surface area contributed by atoms with Crippen molar-refractivity contribution in [1.29, 1.82) is 0 Å².